The molecule has 0 saturated carbocycles. The maximum absolute atomic E-state index is 12.4. The zero-order chi connectivity index (χ0) is 19.7. The van der Waals surface area contributed by atoms with Gasteiger partial charge in [-0.3, -0.25) is 9.59 Å². The van der Waals surface area contributed by atoms with Crippen LogP contribution in [0.25, 0.3) is 0 Å². The Morgan fingerprint density at radius 1 is 1.19 bits per heavy atom. The quantitative estimate of drug-likeness (QED) is 0.504. The molecule has 0 fully saturated rings. The molecular formula is C19H31N3O4. The van der Waals surface area contributed by atoms with E-state index < -0.39 is 35.5 Å². The van der Waals surface area contributed by atoms with Crippen molar-refractivity contribution >= 4 is 11.8 Å². The summed E-state index contributed by atoms with van der Waals surface area (Å²) in [4.78, 5) is 24.7. The second kappa shape index (κ2) is 10.3. The van der Waals surface area contributed by atoms with Crippen molar-refractivity contribution in [3.8, 4) is 0 Å². The molecule has 26 heavy (non-hydrogen) atoms. The monoisotopic (exact) mass is 365 g/mol. The van der Waals surface area contributed by atoms with Gasteiger partial charge in [0.25, 0.3) is 5.91 Å². The van der Waals surface area contributed by atoms with E-state index in [1.807, 2.05) is 51.1 Å². The fourth-order valence-corrected chi connectivity index (χ4v) is 2.40. The highest BCUT2D eigenvalue weighted by atomic mass is 16.5. The summed E-state index contributed by atoms with van der Waals surface area (Å²) in [6.07, 6.45) is -0.736. The van der Waals surface area contributed by atoms with Gasteiger partial charge in [0.15, 0.2) is 6.10 Å². The molecule has 7 heteroatoms. The average molecular weight is 365 g/mol. The van der Waals surface area contributed by atoms with E-state index >= 15 is 0 Å². The van der Waals surface area contributed by atoms with E-state index in [-0.39, 0.29) is 0 Å². The van der Waals surface area contributed by atoms with Crippen molar-refractivity contribution in [2.24, 2.45) is 5.73 Å². The second-order valence-corrected chi connectivity index (χ2v) is 7.38. The standard InChI is InChI=1S/C19H31N3O4/c1-19(2,3)22-18(25)16(23)15(12-13-8-6-5-7-9-13)21-17(24)14(20)10-11-26-4/h5-9,14-16,23H,10-12,20H2,1-4H3,(H,21,24)(H,22,25)/t14-,15?,16?/m0/s1. The first-order valence-electron chi connectivity index (χ1n) is 8.73. The van der Waals surface area contributed by atoms with Crippen molar-refractivity contribution < 1.29 is 19.4 Å². The lowest BCUT2D eigenvalue weighted by atomic mass is 9.99. The van der Waals surface area contributed by atoms with Crippen LogP contribution in [0.1, 0.15) is 32.8 Å². The molecule has 0 heterocycles. The van der Waals surface area contributed by atoms with E-state index in [4.69, 9.17) is 10.5 Å². The van der Waals surface area contributed by atoms with Crippen LogP contribution in [0.3, 0.4) is 0 Å². The summed E-state index contributed by atoms with van der Waals surface area (Å²) in [6, 6.07) is 7.78. The van der Waals surface area contributed by atoms with Crippen LogP contribution in [0.4, 0.5) is 0 Å². The fraction of sp³-hybridized carbons (Fsp3) is 0.579. The van der Waals surface area contributed by atoms with Crippen molar-refractivity contribution in [1.82, 2.24) is 10.6 Å². The maximum atomic E-state index is 12.4. The second-order valence-electron chi connectivity index (χ2n) is 7.38. The molecular weight excluding hydrogens is 334 g/mol. The van der Waals surface area contributed by atoms with Crippen LogP contribution in [0.15, 0.2) is 30.3 Å². The molecule has 1 aromatic rings. The predicted molar refractivity (Wildman–Crippen MR) is 100 cm³/mol. The Balaban J connectivity index is 2.87. The molecule has 3 atom stereocenters. The van der Waals surface area contributed by atoms with Gasteiger partial charge in [-0.1, -0.05) is 30.3 Å². The summed E-state index contributed by atoms with van der Waals surface area (Å²) >= 11 is 0. The number of rotatable bonds is 9. The summed E-state index contributed by atoms with van der Waals surface area (Å²) in [5, 5.41) is 16.0. The largest absolute Gasteiger partial charge is 0.385 e. The number of hydrogen-bond acceptors (Lipinski definition) is 5. The minimum Gasteiger partial charge on any atom is -0.385 e. The molecule has 0 aliphatic heterocycles. The number of ether oxygens (including phenoxy) is 1. The lowest BCUT2D eigenvalue weighted by molar-refractivity contribution is -0.133. The zero-order valence-electron chi connectivity index (χ0n) is 16.0. The number of amides is 2. The number of carbonyl (C=O) groups is 2. The highest BCUT2D eigenvalue weighted by Crippen LogP contribution is 2.09. The number of nitrogens with one attached hydrogen (secondary N) is 2. The van der Waals surface area contributed by atoms with Gasteiger partial charge in [-0.15, -0.1) is 0 Å². The first-order chi connectivity index (χ1) is 12.1. The van der Waals surface area contributed by atoms with Gasteiger partial charge in [-0.25, -0.2) is 0 Å². The van der Waals surface area contributed by atoms with Gasteiger partial charge in [-0.05, 0) is 39.2 Å². The molecule has 7 nitrogen and oxygen atoms in total. The first kappa shape index (κ1) is 22.1. The fourth-order valence-electron chi connectivity index (χ4n) is 2.40. The third-order valence-electron chi connectivity index (χ3n) is 3.74. The van der Waals surface area contributed by atoms with Crippen molar-refractivity contribution in [3.63, 3.8) is 0 Å². The summed E-state index contributed by atoms with van der Waals surface area (Å²) in [7, 11) is 1.53. The van der Waals surface area contributed by atoms with Gasteiger partial charge in [-0.2, -0.15) is 0 Å². The molecule has 5 N–H and O–H groups in total. The zero-order valence-corrected chi connectivity index (χ0v) is 16.0. The van der Waals surface area contributed by atoms with E-state index in [2.05, 4.69) is 10.6 Å². The highest BCUT2D eigenvalue weighted by Gasteiger charge is 2.31. The number of hydrogen-bond donors (Lipinski definition) is 4. The Hall–Kier alpha value is -1.96. The van der Waals surface area contributed by atoms with Crippen LogP contribution < -0.4 is 16.4 Å². The van der Waals surface area contributed by atoms with E-state index in [1.165, 1.54) is 7.11 Å². The molecule has 2 unspecified atom stereocenters. The summed E-state index contributed by atoms with van der Waals surface area (Å²) < 4.78 is 4.93. The smallest absolute Gasteiger partial charge is 0.251 e. The molecule has 146 valence electrons. The van der Waals surface area contributed by atoms with E-state index in [9.17, 15) is 14.7 Å². The van der Waals surface area contributed by atoms with Crippen LogP contribution in [-0.4, -0.2) is 54.4 Å². The van der Waals surface area contributed by atoms with Gasteiger partial charge in [0.2, 0.25) is 5.91 Å². The van der Waals surface area contributed by atoms with Gasteiger partial charge < -0.3 is 26.2 Å². The van der Waals surface area contributed by atoms with Crippen molar-refractivity contribution in [1.29, 1.82) is 0 Å². The van der Waals surface area contributed by atoms with Crippen LogP contribution in [0, 0.1) is 0 Å². The molecule has 0 aliphatic carbocycles. The molecule has 0 bridgehead atoms. The van der Waals surface area contributed by atoms with E-state index in [0.717, 1.165) is 5.56 Å². The SMILES string of the molecule is COCC[C@H](N)C(=O)NC(Cc1ccccc1)C(O)C(=O)NC(C)(C)C. The Bertz CT molecular complexity index is 572. The van der Waals surface area contributed by atoms with Gasteiger partial charge in [0, 0.05) is 19.3 Å². The summed E-state index contributed by atoms with van der Waals surface area (Å²) in [5.41, 5.74) is 6.25. The first-order valence-corrected chi connectivity index (χ1v) is 8.73. The summed E-state index contributed by atoms with van der Waals surface area (Å²) in [6.45, 7) is 5.82. The van der Waals surface area contributed by atoms with Gasteiger partial charge in [0.1, 0.15) is 0 Å². The van der Waals surface area contributed by atoms with E-state index in [1.54, 1.807) is 0 Å². The summed E-state index contributed by atoms with van der Waals surface area (Å²) in [5.74, 6) is -0.963. The number of methoxy groups -OCH3 is 1. The maximum Gasteiger partial charge on any atom is 0.251 e. The number of carbonyl (C=O) groups excluding carboxylic acids is 2. The number of aliphatic hydroxyl groups excluding tert-OH is 1. The van der Waals surface area contributed by atoms with Crippen molar-refractivity contribution in [2.75, 3.05) is 13.7 Å². The minimum atomic E-state index is -1.40. The molecule has 0 aliphatic rings. The Kier molecular flexibility index (Phi) is 8.71. The van der Waals surface area contributed by atoms with Crippen molar-refractivity contribution in [3.05, 3.63) is 35.9 Å². The molecule has 0 saturated heterocycles. The Morgan fingerprint density at radius 3 is 2.35 bits per heavy atom. The van der Waals surface area contributed by atoms with Crippen LogP contribution >= 0.6 is 0 Å². The minimum absolute atomic E-state index is 0.308. The van der Waals surface area contributed by atoms with Gasteiger partial charge >= 0.3 is 0 Å². The topological polar surface area (TPSA) is 114 Å². The Labute approximate surface area is 155 Å². The van der Waals surface area contributed by atoms with Crippen LogP contribution in [0.5, 0.6) is 0 Å². The number of benzene rings is 1. The molecule has 1 rings (SSSR count). The number of aliphatic hydroxyl groups is 1. The molecule has 2 amide bonds. The predicted octanol–water partition coefficient (Wildman–Crippen LogP) is 0.353. The molecule has 1 aromatic carbocycles. The number of nitrogens with two attached hydrogens (primary N) is 1. The molecule has 0 radical (unpaired) electrons. The lowest BCUT2D eigenvalue weighted by Crippen LogP contribution is -2.57. The average Bonchev–Trinajstić information content (AvgIpc) is 2.57. The van der Waals surface area contributed by atoms with Crippen LogP contribution in [-0.2, 0) is 20.7 Å². The van der Waals surface area contributed by atoms with Crippen molar-refractivity contribution in [2.45, 2.75) is 57.3 Å². The third-order valence-corrected chi connectivity index (χ3v) is 3.74. The lowest BCUT2D eigenvalue weighted by Gasteiger charge is -2.28. The van der Waals surface area contributed by atoms with Crippen LogP contribution in [0.2, 0.25) is 0 Å². The highest BCUT2D eigenvalue weighted by molar-refractivity contribution is 5.85. The third kappa shape index (κ3) is 7.95. The molecule has 0 aromatic heterocycles. The Morgan fingerprint density at radius 2 is 1.81 bits per heavy atom. The molecule has 0 spiro atoms. The van der Waals surface area contributed by atoms with E-state index in [0.29, 0.717) is 19.4 Å². The van der Waals surface area contributed by atoms with Gasteiger partial charge in [0.05, 0.1) is 12.1 Å². The normalized spacial score (nSPS) is 15.0.